The van der Waals surface area contributed by atoms with E-state index in [-0.39, 0.29) is 11.9 Å². The highest BCUT2D eigenvalue weighted by molar-refractivity contribution is 9.10. The topological polar surface area (TPSA) is 12.0 Å². The molecule has 1 N–H and O–H groups in total. The number of hydrogen-bond donors (Lipinski definition) is 1. The van der Waals surface area contributed by atoms with E-state index in [4.69, 9.17) is 0 Å². The summed E-state index contributed by atoms with van der Waals surface area (Å²) in [6.07, 6.45) is 3.98. The molecule has 0 radical (unpaired) electrons. The number of hydrogen-bond acceptors (Lipinski definition) is 1. The van der Waals surface area contributed by atoms with Crippen molar-refractivity contribution in [2.24, 2.45) is 0 Å². The molecule has 0 bridgehead atoms. The van der Waals surface area contributed by atoms with Crippen molar-refractivity contribution in [3.05, 3.63) is 69.4 Å². The molecule has 1 saturated carbocycles. The molecule has 0 aromatic heterocycles. The first-order valence-electron chi connectivity index (χ1n) is 7.41. The molecular weight excluding hydrogens is 329 g/mol. The van der Waals surface area contributed by atoms with E-state index >= 15 is 0 Å². The van der Waals surface area contributed by atoms with Crippen LogP contribution in [-0.2, 0) is 0 Å². The molecule has 1 atom stereocenters. The molecule has 1 aliphatic carbocycles. The summed E-state index contributed by atoms with van der Waals surface area (Å²) < 4.78 is 14.2. The van der Waals surface area contributed by atoms with Crippen LogP contribution in [0.15, 0.2) is 46.9 Å². The largest absolute Gasteiger partial charge is 0.309 e. The van der Waals surface area contributed by atoms with Crippen LogP contribution in [0.5, 0.6) is 0 Å². The van der Waals surface area contributed by atoms with Crippen molar-refractivity contribution < 1.29 is 4.39 Å². The molecule has 3 heteroatoms. The van der Waals surface area contributed by atoms with Crippen LogP contribution < -0.4 is 5.32 Å². The Bertz CT molecular complexity index is 620. The van der Waals surface area contributed by atoms with E-state index in [1.165, 1.54) is 30.4 Å². The van der Waals surface area contributed by atoms with E-state index in [9.17, 15) is 4.39 Å². The van der Waals surface area contributed by atoms with Crippen LogP contribution in [0.4, 0.5) is 4.39 Å². The van der Waals surface area contributed by atoms with Crippen molar-refractivity contribution in [3.63, 3.8) is 0 Å². The Morgan fingerprint density at radius 2 is 1.76 bits per heavy atom. The number of halogens is 2. The van der Waals surface area contributed by atoms with Gasteiger partial charge in [0.05, 0.1) is 10.5 Å². The highest BCUT2D eigenvalue weighted by atomic mass is 79.9. The van der Waals surface area contributed by atoms with Crippen molar-refractivity contribution in [3.8, 4) is 0 Å². The molecule has 1 nitrogen and oxygen atoms in total. The van der Waals surface area contributed by atoms with Crippen LogP contribution in [-0.4, -0.2) is 7.05 Å². The van der Waals surface area contributed by atoms with Gasteiger partial charge in [-0.25, -0.2) is 4.39 Å². The molecule has 1 aliphatic rings. The van der Waals surface area contributed by atoms with Gasteiger partial charge in [-0.1, -0.05) is 36.8 Å². The first-order chi connectivity index (χ1) is 10.2. The molecule has 0 heterocycles. The SMILES string of the molecule is CNC(c1ccc(C2CCC2)cc1)c1ccc(Br)c(F)c1. The third kappa shape index (κ3) is 3.04. The zero-order valence-electron chi connectivity index (χ0n) is 12.1. The van der Waals surface area contributed by atoms with E-state index < -0.39 is 0 Å². The van der Waals surface area contributed by atoms with Crippen LogP contribution in [0.3, 0.4) is 0 Å². The Kier molecular flexibility index (Phi) is 4.41. The van der Waals surface area contributed by atoms with Gasteiger partial charge in [-0.2, -0.15) is 0 Å². The Morgan fingerprint density at radius 3 is 2.29 bits per heavy atom. The van der Waals surface area contributed by atoms with Gasteiger partial charge >= 0.3 is 0 Å². The van der Waals surface area contributed by atoms with Crippen LogP contribution in [0.25, 0.3) is 0 Å². The lowest BCUT2D eigenvalue weighted by Gasteiger charge is -2.26. The molecule has 0 saturated heterocycles. The minimum Gasteiger partial charge on any atom is -0.309 e. The monoisotopic (exact) mass is 347 g/mol. The molecule has 0 amide bonds. The quantitative estimate of drug-likeness (QED) is 0.804. The Balaban J connectivity index is 1.86. The lowest BCUT2D eigenvalue weighted by Crippen LogP contribution is -2.18. The second-order valence-corrected chi connectivity index (χ2v) is 6.54. The highest BCUT2D eigenvalue weighted by Gasteiger charge is 2.20. The van der Waals surface area contributed by atoms with E-state index in [1.807, 2.05) is 13.1 Å². The van der Waals surface area contributed by atoms with Crippen LogP contribution in [0, 0.1) is 5.82 Å². The van der Waals surface area contributed by atoms with Gasteiger partial charge in [-0.3, -0.25) is 0 Å². The molecule has 0 spiro atoms. The summed E-state index contributed by atoms with van der Waals surface area (Å²) in [6, 6.07) is 14.1. The van der Waals surface area contributed by atoms with Gasteiger partial charge in [0.1, 0.15) is 5.82 Å². The summed E-state index contributed by atoms with van der Waals surface area (Å²) >= 11 is 3.20. The van der Waals surface area contributed by atoms with Crippen molar-refractivity contribution in [1.29, 1.82) is 0 Å². The molecule has 2 aromatic rings. The van der Waals surface area contributed by atoms with Crippen molar-refractivity contribution in [2.45, 2.75) is 31.2 Å². The summed E-state index contributed by atoms with van der Waals surface area (Å²) in [5.74, 6) is 0.524. The zero-order chi connectivity index (χ0) is 14.8. The van der Waals surface area contributed by atoms with Gasteiger partial charge in [0.25, 0.3) is 0 Å². The second kappa shape index (κ2) is 6.29. The van der Waals surface area contributed by atoms with Crippen molar-refractivity contribution in [1.82, 2.24) is 5.32 Å². The Morgan fingerprint density at radius 1 is 1.10 bits per heavy atom. The van der Waals surface area contributed by atoms with Crippen LogP contribution in [0.2, 0.25) is 0 Å². The fraction of sp³-hybridized carbons (Fsp3) is 0.333. The van der Waals surface area contributed by atoms with E-state index in [2.05, 4.69) is 45.5 Å². The molecule has 21 heavy (non-hydrogen) atoms. The third-order valence-electron chi connectivity index (χ3n) is 4.41. The predicted octanol–water partition coefficient (Wildman–Crippen LogP) is 5.16. The molecule has 3 rings (SSSR count). The fourth-order valence-corrected chi connectivity index (χ4v) is 3.17. The number of benzene rings is 2. The maximum Gasteiger partial charge on any atom is 0.137 e. The van der Waals surface area contributed by atoms with Gasteiger partial charge in [-0.05, 0) is 70.6 Å². The average molecular weight is 348 g/mol. The maximum atomic E-state index is 13.7. The fourth-order valence-electron chi connectivity index (χ4n) is 2.92. The Labute approximate surface area is 133 Å². The van der Waals surface area contributed by atoms with Gasteiger partial charge < -0.3 is 5.32 Å². The zero-order valence-corrected chi connectivity index (χ0v) is 13.7. The second-order valence-electron chi connectivity index (χ2n) is 5.69. The molecule has 110 valence electrons. The minimum atomic E-state index is -0.223. The summed E-state index contributed by atoms with van der Waals surface area (Å²) in [7, 11) is 1.91. The summed E-state index contributed by atoms with van der Waals surface area (Å²) in [6.45, 7) is 0. The van der Waals surface area contributed by atoms with Crippen molar-refractivity contribution >= 4 is 15.9 Å². The maximum absolute atomic E-state index is 13.7. The van der Waals surface area contributed by atoms with Gasteiger partial charge in [0, 0.05) is 0 Å². The lowest BCUT2D eigenvalue weighted by atomic mass is 9.79. The molecule has 1 fully saturated rings. The molecule has 1 unspecified atom stereocenters. The summed E-state index contributed by atoms with van der Waals surface area (Å²) in [4.78, 5) is 0. The third-order valence-corrected chi connectivity index (χ3v) is 5.06. The lowest BCUT2D eigenvalue weighted by molar-refractivity contribution is 0.419. The number of rotatable bonds is 4. The first kappa shape index (κ1) is 14.7. The van der Waals surface area contributed by atoms with Crippen LogP contribution in [0.1, 0.15) is 47.9 Å². The Hall–Kier alpha value is -1.19. The molecule has 0 aliphatic heterocycles. The van der Waals surface area contributed by atoms with Crippen molar-refractivity contribution in [2.75, 3.05) is 7.05 Å². The standard InChI is InChI=1S/C18H19BrFN/c1-21-18(15-9-10-16(19)17(20)11-15)14-7-5-13(6-8-14)12-3-2-4-12/h5-12,18,21H,2-4H2,1H3. The average Bonchev–Trinajstić information content (AvgIpc) is 2.43. The van der Waals surface area contributed by atoms with E-state index in [1.54, 1.807) is 12.1 Å². The normalized spacial score (nSPS) is 16.5. The molecule has 2 aromatic carbocycles. The number of nitrogens with one attached hydrogen (secondary N) is 1. The minimum absolute atomic E-state index is 0.0167. The van der Waals surface area contributed by atoms with Gasteiger partial charge in [0.2, 0.25) is 0 Å². The summed E-state index contributed by atoms with van der Waals surface area (Å²) in [5, 5.41) is 3.28. The van der Waals surface area contributed by atoms with Gasteiger partial charge in [-0.15, -0.1) is 0 Å². The highest BCUT2D eigenvalue weighted by Crippen LogP contribution is 2.37. The smallest absolute Gasteiger partial charge is 0.137 e. The molecular formula is C18H19BrFN. The summed E-state index contributed by atoms with van der Waals surface area (Å²) in [5.41, 5.74) is 3.54. The predicted molar refractivity (Wildman–Crippen MR) is 88.0 cm³/mol. The first-order valence-corrected chi connectivity index (χ1v) is 8.20. The van der Waals surface area contributed by atoms with E-state index in [0.717, 1.165) is 11.5 Å². The van der Waals surface area contributed by atoms with Crippen LogP contribution >= 0.6 is 15.9 Å². The van der Waals surface area contributed by atoms with Gasteiger partial charge in [0.15, 0.2) is 0 Å². The van der Waals surface area contributed by atoms with E-state index in [0.29, 0.717) is 4.47 Å².